The molecule has 0 radical (unpaired) electrons. The summed E-state index contributed by atoms with van der Waals surface area (Å²) >= 11 is 1.93. The fourth-order valence-corrected chi connectivity index (χ4v) is 3.19. The van der Waals surface area contributed by atoms with Gasteiger partial charge in [-0.25, -0.2) is 0 Å². The Hall–Kier alpha value is -0.260. The van der Waals surface area contributed by atoms with Crippen molar-refractivity contribution < 1.29 is 9.53 Å². The molecule has 0 spiro atoms. The third-order valence-electron chi connectivity index (χ3n) is 3.02. The quantitative estimate of drug-likeness (QED) is 0.744. The van der Waals surface area contributed by atoms with Crippen LogP contribution < -0.4 is 5.73 Å². The normalized spacial score (nSPS) is 21.5. The summed E-state index contributed by atoms with van der Waals surface area (Å²) in [4.78, 5) is 14.1. The molecule has 0 bridgehead atoms. The van der Waals surface area contributed by atoms with Crippen molar-refractivity contribution in [2.45, 2.75) is 38.3 Å². The molecule has 1 saturated heterocycles. The molecule has 2 unspecified atom stereocenters. The average Bonchev–Trinajstić information content (AvgIpc) is 2.80. The standard InChI is InChI=1S/C12H24N2O2S/c1-10(13)3-4-12(15)14(6-7-16-2)11-5-8-17-9-11/h10-11H,3-9,13H2,1-2H3. The van der Waals surface area contributed by atoms with Gasteiger partial charge >= 0.3 is 0 Å². The highest BCUT2D eigenvalue weighted by molar-refractivity contribution is 7.99. The van der Waals surface area contributed by atoms with Crippen molar-refractivity contribution in [2.24, 2.45) is 5.73 Å². The SMILES string of the molecule is COCCN(C(=O)CCC(C)N)C1CCSC1. The highest BCUT2D eigenvalue weighted by Gasteiger charge is 2.26. The predicted molar refractivity (Wildman–Crippen MR) is 72.2 cm³/mol. The Morgan fingerprint density at radius 1 is 1.65 bits per heavy atom. The van der Waals surface area contributed by atoms with Crippen LogP contribution in [0.2, 0.25) is 0 Å². The molecule has 0 aliphatic carbocycles. The van der Waals surface area contributed by atoms with Crippen molar-refractivity contribution in [1.82, 2.24) is 4.90 Å². The zero-order valence-electron chi connectivity index (χ0n) is 10.9. The Bertz CT molecular complexity index is 231. The summed E-state index contributed by atoms with van der Waals surface area (Å²) in [5, 5.41) is 0. The van der Waals surface area contributed by atoms with Crippen molar-refractivity contribution in [3.8, 4) is 0 Å². The minimum absolute atomic E-state index is 0.0983. The molecule has 1 fully saturated rings. The summed E-state index contributed by atoms with van der Waals surface area (Å²) in [6.07, 6.45) is 2.43. The number of methoxy groups -OCH3 is 1. The molecule has 1 rings (SSSR count). The maximum Gasteiger partial charge on any atom is 0.222 e. The maximum absolute atomic E-state index is 12.1. The lowest BCUT2D eigenvalue weighted by atomic mass is 10.1. The summed E-state index contributed by atoms with van der Waals surface area (Å²) in [6.45, 7) is 3.27. The van der Waals surface area contributed by atoms with Crippen molar-refractivity contribution in [3.05, 3.63) is 0 Å². The predicted octanol–water partition coefficient (Wildman–Crippen LogP) is 1.09. The molecule has 1 aliphatic rings. The molecule has 1 aliphatic heterocycles. The van der Waals surface area contributed by atoms with Gasteiger partial charge in [0, 0.05) is 37.9 Å². The number of carbonyl (C=O) groups excluding carboxylic acids is 1. The molecule has 5 heteroatoms. The molecular weight excluding hydrogens is 236 g/mol. The van der Waals surface area contributed by atoms with Gasteiger partial charge in [0.1, 0.15) is 0 Å². The van der Waals surface area contributed by atoms with Crippen LogP contribution in [-0.4, -0.2) is 54.7 Å². The maximum atomic E-state index is 12.1. The van der Waals surface area contributed by atoms with Crippen LogP contribution in [0.25, 0.3) is 0 Å². The molecular formula is C12H24N2O2S. The lowest BCUT2D eigenvalue weighted by Crippen LogP contribution is -2.42. The van der Waals surface area contributed by atoms with Crippen molar-refractivity contribution in [1.29, 1.82) is 0 Å². The first kappa shape index (κ1) is 14.8. The van der Waals surface area contributed by atoms with Crippen LogP contribution >= 0.6 is 11.8 Å². The van der Waals surface area contributed by atoms with Crippen molar-refractivity contribution in [3.63, 3.8) is 0 Å². The Balaban J connectivity index is 2.45. The van der Waals surface area contributed by atoms with E-state index in [-0.39, 0.29) is 11.9 Å². The van der Waals surface area contributed by atoms with Crippen LogP contribution in [0.1, 0.15) is 26.2 Å². The number of hydrogen-bond donors (Lipinski definition) is 1. The van der Waals surface area contributed by atoms with Gasteiger partial charge < -0.3 is 15.4 Å². The van der Waals surface area contributed by atoms with Gasteiger partial charge in [-0.15, -0.1) is 0 Å². The fourth-order valence-electron chi connectivity index (χ4n) is 1.96. The van der Waals surface area contributed by atoms with Crippen LogP contribution in [0.5, 0.6) is 0 Å². The Kier molecular flexibility index (Phi) is 6.92. The van der Waals surface area contributed by atoms with Crippen molar-refractivity contribution in [2.75, 3.05) is 31.8 Å². The summed E-state index contributed by atoms with van der Waals surface area (Å²) in [5.74, 6) is 2.45. The third-order valence-corrected chi connectivity index (χ3v) is 4.16. The average molecular weight is 260 g/mol. The van der Waals surface area contributed by atoms with E-state index in [1.54, 1.807) is 7.11 Å². The highest BCUT2D eigenvalue weighted by atomic mass is 32.2. The highest BCUT2D eigenvalue weighted by Crippen LogP contribution is 2.23. The van der Waals surface area contributed by atoms with Crippen LogP contribution in [0.3, 0.4) is 0 Å². The molecule has 0 saturated carbocycles. The van der Waals surface area contributed by atoms with Crippen LogP contribution in [-0.2, 0) is 9.53 Å². The second-order valence-corrected chi connectivity index (χ2v) is 5.76. The first-order valence-corrected chi connectivity index (χ1v) is 7.42. The molecule has 17 heavy (non-hydrogen) atoms. The Morgan fingerprint density at radius 2 is 2.41 bits per heavy atom. The molecule has 0 aromatic heterocycles. The fraction of sp³-hybridized carbons (Fsp3) is 0.917. The molecule has 1 amide bonds. The number of rotatable bonds is 7. The van der Waals surface area contributed by atoms with E-state index < -0.39 is 0 Å². The lowest BCUT2D eigenvalue weighted by Gasteiger charge is -2.28. The van der Waals surface area contributed by atoms with E-state index in [4.69, 9.17) is 10.5 Å². The number of carbonyl (C=O) groups is 1. The summed E-state index contributed by atoms with van der Waals surface area (Å²) < 4.78 is 5.08. The zero-order valence-corrected chi connectivity index (χ0v) is 11.7. The molecule has 0 aromatic rings. The van der Waals surface area contributed by atoms with Crippen molar-refractivity contribution >= 4 is 17.7 Å². The molecule has 2 N–H and O–H groups in total. The van der Waals surface area contributed by atoms with E-state index in [1.807, 2.05) is 23.6 Å². The number of nitrogens with zero attached hydrogens (tertiary/aromatic N) is 1. The van der Waals surface area contributed by atoms with E-state index in [0.717, 1.165) is 24.3 Å². The van der Waals surface area contributed by atoms with Gasteiger partial charge in [-0.1, -0.05) is 0 Å². The van der Waals surface area contributed by atoms with E-state index >= 15 is 0 Å². The number of amides is 1. The molecule has 4 nitrogen and oxygen atoms in total. The smallest absolute Gasteiger partial charge is 0.222 e. The lowest BCUT2D eigenvalue weighted by molar-refractivity contribution is -0.134. The monoisotopic (exact) mass is 260 g/mol. The third kappa shape index (κ3) is 5.27. The van der Waals surface area contributed by atoms with E-state index in [2.05, 4.69) is 0 Å². The topological polar surface area (TPSA) is 55.6 Å². The van der Waals surface area contributed by atoms with E-state index in [0.29, 0.717) is 25.6 Å². The van der Waals surface area contributed by atoms with Gasteiger partial charge in [0.05, 0.1) is 6.61 Å². The minimum atomic E-state index is 0.0983. The second-order valence-electron chi connectivity index (χ2n) is 4.61. The Labute approximate surface area is 108 Å². The number of hydrogen-bond acceptors (Lipinski definition) is 4. The number of nitrogens with two attached hydrogens (primary N) is 1. The summed E-state index contributed by atoms with van der Waals surface area (Å²) in [6, 6.07) is 0.497. The van der Waals surface area contributed by atoms with Gasteiger partial charge in [0.2, 0.25) is 5.91 Å². The number of thioether (sulfide) groups is 1. The Morgan fingerprint density at radius 3 is 2.94 bits per heavy atom. The zero-order chi connectivity index (χ0) is 12.7. The molecule has 0 aromatic carbocycles. The van der Waals surface area contributed by atoms with E-state index in [9.17, 15) is 4.79 Å². The van der Waals surface area contributed by atoms with Gasteiger partial charge in [0.25, 0.3) is 0 Å². The van der Waals surface area contributed by atoms with Gasteiger partial charge in [-0.3, -0.25) is 4.79 Å². The molecule has 2 atom stereocenters. The first-order chi connectivity index (χ1) is 8.15. The number of ether oxygens (including phenoxy) is 1. The summed E-state index contributed by atoms with van der Waals surface area (Å²) in [7, 11) is 1.67. The van der Waals surface area contributed by atoms with Crippen LogP contribution in [0.15, 0.2) is 0 Å². The largest absolute Gasteiger partial charge is 0.383 e. The summed E-state index contributed by atoms with van der Waals surface area (Å²) in [5.41, 5.74) is 5.69. The second kappa shape index (κ2) is 7.95. The van der Waals surface area contributed by atoms with Gasteiger partial charge in [0.15, 0.2) is 0 Å². The molecule has 1 heterocycles. The first-order valence-electron chi connectivity index (χ1n) is 6.27. The molecule has 100 valence electrons. The van der Waals surface area contributed by atoms with Crippen LogP contribution in [0, 0.1) is 0 Å². The van der Waals surface area contributed by atoms with Gasteiger partial charge in [-0.05, 0) is 25.5 Å². The minimum Gasteiger partial charge on any atom is -0.383 e. The van der Waals surface area contributed by atoms with E-state index in [1.165, 1.54) is 0 Å². The van der Waals surface area contributed by atoms with Crippen LogP contribution in [0.4, 0.5) is 0 Å². The van der Waals surface area contributed by atoms with Gasteiger partial charge in [-0.2, -0.15) is 11.8 Å².